The summed E-state index contributed by atoms with van der Waals surface area (Å²) in [6, 6.07) is 0. The zero-order chi connectivity index (χ0) is 7.28. The average Bonchev–Trinajstić information content (AvgIpc) is 1.87. The minimum atomic E-state index is -0.139. The van der Waals surface area contributed by atoms with E-state index in [0.29, 0.717) is 0 Å². The van der Waals surface area contributed by atoms with Crippen molar-refractivity contribution < 1.29 is 4.74 Å². The van der Waals surface area contributed by atoms with Crippen LogP contribution < -0.4 is 0 Å². The van der Waals surface area contributed by atoms with Crippen LogP contribution in [0, 0.1) is 10.8 Å². The molecule has 0 radical (unpaired) electrons. The highest BCUT2D eigenvalue weighted by molar-refractivity contribution is 5.98. The van der Waals surface area contributed by atoms with Crippen molar-refractivity contribution in [1.29, 1.82) is 10.8 Å². The number of hydrogen-bond donors (Lipinski definition) is 2. The summed E-state index contributed by atoms with van der Waals surface area (Å²) in [4.78, 5) is 0. The second-order valence-electron chi connectivity index (χ2n) is 1.24. The van der Waals surface area contributed by atoms with E-state index in [1.807, 2.05) is 0 Å². The van der Waals surface area contributed by atoms with Gasteiger partial charge in [0.15, 0.2) is 0 Å². The highest BCUT2D eigenvalue weighted by atomic mass is 16.5. The quantitative estimate of drug-likeness (QED) is 0.423. The van der Waals surface area contributed by atoms with E-state index in [1.54, 1.807) is 0 Å². The number of rotatable bonds is 2. The van der Waals surface area contributed by atoms with E-state index in [1.165, 1.54) is 12.2 Å². The average molecular weight is 124 g/mol. The molecule has 0 aromatic rings. The molecule has 3 heteroatoms. The van der Waals surface area contributed by atoms with Crippen LogP contribution in [0.2, 0.25) is 0 Å². The minimum absolute atomic E-state index is 0.139. The van der Waals surface area contributed by atoms with E-state index < -0.39 is 0 Å². The molecule has 0 rings (SSSR count). The summed E-state index contributed by atoms with van der Waals surface area (Å²) in [5.41, 5.74) is 0. The van der Waals surface area contributed by atoms with E-state index in [2.05, 4.69) is 17.9 Å². The maximum absolute atomic E-state index is 6.84. The Morgan fingerprint density at radius 1 is 1.11 bits per heavy atom. The monoisotopic (exact) mass is 124 g/mol. The van der Waals surface area contributed by atoms with Crippen LogP contribution in [-0.2, 0) is 4.74 Å². The topological polar surface area (TPSA) is 56.9 Å². The maximum atomic E-state index is 6.84. The van der Waals surface area contributed by atoms with Gasteiger partial charge in [-0.15, -0.1) is 0 Å². The third kappa shape index (κ3) is 3.22. The Bertz CT molecular complexity index is 142. The lowest BCUT2D eigenvalue weighted by atomic mass is 10.6. The SMILES string of the molecule is C=CC(=N)OC(=N)C=C. The molecule has 48 valence electrons. The van der Waals surface area contributed by atoms with Gasteiger partial charge in [-0.05, 0) is 12.2 Å². The lowest BCUT2D eigenvalue weighted by Crippen LogP contribution is -2.04. The largest absolute Gasteiger partial charge is 0.422 e. The second kappa shape index (κ2) is 3.60. The first-order chi connectivity index (χ1) is 4.20. The third-order valence-electron chi connectivity index (χ3n) is 0.591. The van der Waals surface area contributed by atoms with Crippen molar-refractivity contribution in [1.82, 2.24) is 0 Å². The van der Waals surface area contributed by atoms with Crippen LogP contribution in [0.1, 0.15) is 0 Å². The number of hydrogen-bond acceptors (Lipinski definition) is 3. The predicted octanol–water partition coefficient (Wildman–Crippen LogP) is 1.33. The van der Waals surface area contributed by atoms with Gasteiger partial charge in [-0.2, -0.15) is 0 Å². The van der Waals surface area contributed by atoms with Crippen molar-refractivity contribution in [3.05, 3.63) is 25.3 Å². The zero-order valence-corrected chi connectivity index (χ0v) is 4.98. The van der Waals surface area contributed by atoms with E-state index in [4.69, 9.17) is 10.8 Å². The molecule has 0 saturated heterocycles. The molecular weight excluding hydrogens is 116 g/mol. The fourth-order valence-corrected chi connectivity index (χ4v) is 0.202. The van der Waals surface area contributed by atoms with Gasteiger partial charge in [0.2, 0.25) is 11.8 Å². The molecule has 2 N–H and O–H groups in total. The van der Waals surface area contributed by atoms with Gasteiger partial charge in [0.05, 0.1) is 0 Å². The van der Waals surface area contributed by atoms with Crippen molar-refractivity contribution >= 4 is 11.8 Å². The molecule has 9 heavy (non-hydrogen) atoms. The van der Waals surface area contributed by atoms with Crippen LogP contribution >= 0.6 is 0 Å². The van der Waals surface area contributed by atoms with E-state index in [0.717, 1.165) is 0 Å². The molecule has 0 saturated carbocycles. The first kappa shape index (κ1) is 7.62. The molecule has 0 aromatic carbocycles. The zero-order valence-electron chi connectivity index (χ0n) is 4.98. The summed E-state index contributed by atoms with van der Waals surface area (Å²) < 4.78 is 4.48. The molecule has 0 aliphatic heterocycles. The van der Waals surface area contributed by atoms with Crippen molar-refractivity contribution in [3.8, 4) is 0 Å². The van der Waals surface area contributed by atoms with Crippen LogP contribution in [0.4, 0.5) is 0 Å². The van der Waals surface area contributed by atoms with Gasteiger partial charge in [-0.1, -0.05) is 13.2 Å². The third-order valence-corrected chi connectivity index (χ3v) is 0.591. The van der Waals surface area contributed by atoms with Crippen LogP contribution in [0.3, 0.4) is 0 Å². The smallest absolute Gasteiger partial charge is 0.213 e. The Morgan fingerprint density at radius 3 is 1.67 bits per heavy atom. The maximum Gasteiger partial charge on any atom is 0.213 e. The summed E-state index contributed by atoms with van der Waals surface area (Å²) in [5.74, 6) is -0.278. The van der Waals surface area contributed by atoms with Gasteiger partial charge in [-0.3, -0.25) is 10.8 Å². The van der Waals surface area contributed by atoms with Gasteiger partial charge in [0.25, 0.3) is 0 Å². The molecule has 0 amide bonds. The summed E-state index contributed by atoms with van der Waals surface area (Å²) in [6.45, 7) is 6.53. The lowest BCUT2D eigenvalue weighted by molar-refractivity contribution is 0.544. The first-order valence-electron chi connectivity index (χ1n) is 2.30. The minimum Gasteiger partial charge on any atom is -0.422 e. The molecule has 3 nitrogen and oxygen atoms in total. The number of ether oxygens (including phenoxy) is 1. The predicted molar refractivity (Wildman–Crippen MR) is 36.9 cm³/mol. The molecule has 0 unspecified atom stereocenters. The fraction of sp³-hybridized carbons (Fsp3) is 0. The Morgan fingerprint density at radius 2 is 1.44 bits per heavy atom. The van der Waals surface area contributed by atoms with Gasteiger partial charge in [0, 0.05) is 0 Å². The normalized spacial score (nSPS) is 7.56. The van der Waals surface area contributed by atoms with Crippen LogP contribution in [-0.4, -0.2) is 11.8 Å². The fourth-order valence-electron chi connectivity index (χ4n) is 0.202. The van der Waals surface area contributed by atoms with Gasteiger partial charge < -0.3 is 4.74 Å². The standard InChI is InChI=1S/C6H8N2O/c1-3-5(7)9-6(8)4-2/h3-4,7-8H,1-2H2. The van der Waals surface area contributed by atoms with Crippen LogP contribution in [0.5, 0.6) is 0 Å². The molecule has 0 heterocycles. The van der Waals surface area contributed by atoms with Crippen LogP contribution in [0.15, 0.2) is 25.3 Å². The highest BCUT2D eigenvalue weighted by Crippen LogP contribution is 1.82. The Balaban J connectivity index is 3.73. The van der Waals surface area contributed by atoms with Gasteiger partial charge in [-0.25, -0.2) is 0 Å². The first-order valence-corrected chi connectivity index (χ1v) is 2.30. The summed E-state index contributed by atoms with van der Waals surface area (Å²) in [5, 5.41) is 13.7. The van der Waals surface area contributed by atoms with Crippen molar-refractivity contribution in [2.24, 2.45) is 0 Å². The van der Waals surface area contributed by atoms with Crippen LogP contribution in [0.25, 0.3) is 0 Å². The van der Waals surface area contributed by atoms with Crippen molar-refractivity contribution in [2.75, 3.05) is 0 Å². The van der Waals surface area contributed by atoms with Gasteiger partial charge in [0.1, 0.15) is 0 Å². The van der Waals surface area contributed by atoms with E-state index in [9.17, 15) is 0 Å². The summed E-state index contributed by atoms with van der Waals surface area (Å²) in [6.07, 6.45) is 2.41. The molecule has 0 bridgehead atoms. The summed E-state index contributed by atoms with van der Waals surface area (Å²) in [7, 11) is 0. The Labute approximate surface area is 53.7 Å². The molecule has 0 spiro atoms. The molecule has 0 aromatic heterocycles. The Kier molecular flexibility index (Phi) is 3.05. The Hall–Kier alpha value is -1.38. The van der Waals surface area contributed by atoms with Gasteiger partial charge >= 0.3 is 0 Å². The molecule has 0 aliphatic carbocycles. The lowest BCUT2D eigenvalue weighted by Gasteiger charge is -1.97. The summed E-state index contributed by atoms with van der Waals surface area (Å²) >= 11 is 0. The molecular formula is C6H8N2O. The second-order valence-corrected chi connectivity index (χ2v) is 1.24. The highest BCUT2D eigenvalue weighted by Gasteiger charge is 1.91. The van der Waals surface area contributed by atoms with Crippen molar-refractivity contribution in [3.63, 3.8) is 0 Å². The van der Waals surface area contributed by atoms with E-state index >= 15 is 0 Å². The van der Waals surface area contributed by atoms with Crippen molar-refractivity contribution in [2.45, 2.75) is 0 Å². The molecule has 0 atom stereocenters. The number of nitrogens with one attached hydrogen (secondary N) is 2. The van der Waals surface area contributed by atoms with E-state index in [-0.39, 0.29) is 11.8 Å². The molecule has 0 fully saturated rings. The molecule has 0 aliphatic rings.